The van der Waals surface area contributed by atoms with Crippen LogP contribution in [0, 0.1) is 0 Å². The molecule has 52 heavy (non-hydrogen) atoms. The lowest BCUT2D eigenvalue weighted by atomic mass is 10.3. The molecule has 6 heterocycles. The number of amides is 6. The van der Waals surface area contributed by atoms with Crippen molar-refractivity contribution >= 4 is 35.4 Å². The zero-order chi connectivity index (χ0) is 39.4. The van der Waals surface area contributed by atoms with Gasteiger partial charge in [-0.15, -0.1) is 0 Å². The fraction of sp³-hybridized carbons (Fsp3) is 0.833. The molecule has 6 saturated heterocycles. The molecule has 300 valence electrons. The minimum Gasteiger partial charge on any atom is -0.343 e. The molecule has 6 fully saturated rings. The molecule has 0 aliphatic carbocycles. The number of likely N-dealkylation sites (tertiary alicyclic amines) is 6. The summed E-state index contributed by atoms with van der Waals surface area (Å²) in [6, 6.07) is 0. The van der Waals surface area contributed by atoms with E-state index in [0.717, 1.165) is 26.2 Å². The van der Waals surface area contributed by atoms with Gasteiger partial charge >= 0.3 is 0 Å². The van der Waals surface area contributed by atoms with Crippen molar-refractivity contribution in [2.75, 3.05) is 78.5 Å². The fourth-order valence-electron chi connectivity index (χ4n) is 6.08. The van der Waals surface area contributed by atoms with Gasteiger partial charge in [-0.25, -0.2) is 17.6 Å². The van der Waals surface area contributed by atoms with Crippen LogP contribution >= 0.6 is 0 Å². The number of carbonyl (C=O) groups excluding carboxylic acids is 6. The van der Waals surface area contributed by atoms with Gasteiger partial charge < -0.3 is 29.4 Å². The lowest BCUT2D eigenvalue weighted by molar-refractivity contribution is -0.128. The third kappa shape index (κ3) is 19.4. The molecule has 6 rings (SSSR count). The lowest BCUT2D eigenvalue weighted by Gasteiger charge is -2.10. The fourth-order valence-corrected chi connectivity index (χ4v) is 6.08. The van der Waals surface area contributed by atoms with E-state index >= 15 is 0 Å². The van der Waals surface area contributed by atoms with Crippen LogP contribution in [-0.2, 0) is 28.8 Å². The molecule has 0 saturated carbocycles. The van der Waals surface area contributed by atoms with Crippen molar-refractivity contribution in [2.24, 2.45) is 0 Å². The molecule has 0 unspecified atom stereocenters. The number of halogens is 4. The van der Waals surface area contributed by atoms with Crippen molar-refractivity contribution in [3.8, 4) is 0 Å². The zero-order valence-corrected chi connectivity index (χ0v) is 32.1. The molecule has 12 nitrogen and oxygen atoms in total. The third-order valence-electron chi connectivity index (χ3n) is 9.41. The Hall–Kier alpha value is -3.46. The maximum absolute atomic E-state index is 12.3. The number of hydrogen-bond donors (Lipinski definition) is 0. The number of nitrogens with zero attached hydrogens (tertiary/aromatic N) is 6. The van der Waals surface area contributed by atoms with E-state index in [0.29, 0.717) is 78.0 Å². The molecule has 6 aliphatic heterocycles. The first kappa shape index (κ1) is 46.6. The highest BCUT2D eigenvalue weighted by Crippen LogP contribution is 2.14. The maximum atomic E-state index is 12.3. The minimum atomic E-state index is -0.783. The molecular weight excluding hydrogens is 688 g/mol. The SMILES string of the molecule is CC(=O)N1CCCC1.CC(=O)N1CCCC1.CC(=O)N1CC[C@@H](F)C1.CC(=O)N1CC[C@@H](F)C1.CC(=O)N1CC[C@H](F)C1.CC(=O)N1CC[C@H](F)C1. The average molecular weight is 751 g/mol. The van der Waals surface area contributed by atoms with E-state index in [1.165, 1.54) is 73.0 Å². The highest BCUT2D eigenvalue weighted by Gasteiger charge is 2.25. The van der Waals surface area contributed by atoms with Crippen LogP contribution in [0.5, 0.6) is 0 Å². The Morgan fingerprint density at radius 2 is 0.500 bits per heavy atom. The summed E-state index contributed by atoms with van der Waals surface area (Å²) in [5.41, 5.74) is 0. The van der Waals surface area contributed by atoms with E-state index in [4.69, 9.17) is 0 Å². The van der Waals surface area contributed by atoms with E-state index in [1.54, 1.807) is 13.8 Å². The molecule has 0 aromatic rings. The summed E-state index contributed by atoms with van der Waals surface area (Å²) in [7, 11) is 0. The van der Waals surface area contributed by atoms with Gasteiger partial charge in [-0.2, -0.15) is 0 Å². The lowest BCUT2D eigenvalue weighted by Crippen LogP contribution is -2.25. The Balaban J connectivity index is 0.000000312. The molecule has 16 heteroatoms. The minimum absolute atomic E-state index is 0.0184. The Bertz CT molecular complexity index is 995. The summed E-state index contributed by atoms with van der Waals surface area (Å²) in [6.45, 7) is 16.6. The van der Waals surface area contributed by atoms with Gasteiger partial charge in [0.05, 0.1) is 26.2 Å². The molecule has 0 radical (unpaired) electrons. The Morgan fingerprint density at radius 1 is 0.327 bits per heavy atom. The molecule has 6 aliphatic rings. The Kier molecular flexibility index (Phi) is 22.1. The van der Waals surface area contributed by atoms with Crippen LogP contribution in [-0.4, -0.2) is 168 Å². The van der Waals surface area contributed by atoms with Gasteiger partial charge in [0.2, 0.25) is 35.4 Å². The normalized spacial score (nSPS) is 24.6. The predicted octanol–water partition coefficient (Wildman–Crippen LogP) is 3.56. The van der Waals surface area contributed by atoms with Crippen LogP contribution in [0.15, 0.2) is 0 Å². The van der Waals surface area contributed by atoms with Gasteiger partial charge in [-0.05, 0) is 51.4 Å². The number of alkyl halides is 4. The molecule has 0 spiro atoms. The first-order valence-electron chi connectivity index (χ1n) is 18.5. The van der Waals surface area contributed by atoms with Gasteiger partial charge in [0.15, 0.2) is 0 Å². The summed E-state index contributed by atoms with van der Waals surface area (Å²) in [5, 5.41) is 0. The average Bonchev–Trinajstić information content (AvgIpc) is 3.92. The van der Waals surface area contributed by atoms with Gasteiger partial charge in [0, 0.05) is 93.9 Å². The van der Waals surface area contributed by atoms with Crippen molar-refractivity contribution in [2.45, 2.75) is 118 Å². The Morgan fingerprint density at radius 3 is 0.577 bits per heavy atom. The predicted molar refractivity (Wildman–Crippen MR) is 190 cm³/mol. The van der Waals surface area contributed by atoms with Gasteiger partial charge in [-0.3, -0.25) is 28.8 Å². The van der Waals surface area contributed by atoms with Crippen molar-refractivity contribution in [1.29, 1.82) is 0 Å². The highest BCUT2D eigenvalue weighted by atomic mass is 19.1. The first-order valence-corrected chi connectivity index (χ1v) is 18.5. The van der Waals surface area contributed by atoms with Crippen molar-refractivity contribution in [3.05, 3.63) is 0 Å². The van der Waals surface area contributed by atoms with Crippen LogP contribution in [0.2, 0.25) is 0 Å². The number of hydrogen-bond acceptors (Lipinski definition) is 6. The van der Waals surface area contributed by atoms with E-state index in [9.17, 15) is 46.3 Å². The van der Waals surface area contributed by atoms with E-state index < -0.39 is 24.7 Å². The molecule has 0 aromatic carbocycles. The maximum Gasteiger partial charge on any atom is 0.219 e. The van der Waals surface area contributed by atoms with Crippen molar-refractivity contribution < 1.29 is 46.3 Å². The molecule has 4 atom stereocenters. The molecule has 0 N–H and O–H groups in total. The second-order valence-corrected chi connectivity index (χ2v) is 13.8. The summed E-state index contributed by atoms with van der Waals surface area (Å²) < 4.78 is 49.4. The second kappa shape index (κ2) is 24.7. The molecule has 0 bridgehead atoms. The zero-order valence-electron chi connectivity index (χ0n) is 32.1. The standard InChI is InChI=1S/4C6H10FNO.2C6H11NO/c4*1-5(9)8-3-2-6(7)4-8;2*1-6(8)7-4-2-3-5-7/h4*6H,2-4H2,1H3;2*2-5H2,1H3/t4*6-;;/m1100../s1. The van der Waals surface area contributed by atoms with Gasteiger partial charge in [0.1, 0.15) is 24.7 Å². The van der Waals surface area contributed by atoms with Crippen LogP contribution in [0.4, 0.5) is 17.6 Å². The monoisotopic (exact) mass is 750 g/mol. The third-order valence-corrected chi connectivity index (χ3v) is 9.41. The van der Waals surface area contributed by atoms with E-state index in [1.807, 2.05) is 9.80 Å². The topological polar surface area (TPSA) is 122 Å². The smallest absolute Gasteiger partial charge is 0.219 e. The summed E-state index contributed by atoms with van der Waals surface area (Å²) in [6.07, 6.45) is 3.70. The first-order chi connectivity index (χ1) is 24.4. The van der Waals surface area contributed by atoms with Crippen LogP contribution in [0.3, 0.4) is 0 Å². The molecular formula is C36H62F4N6O6. The van der Waals surface area contributed by atoms with E-state index in [2.05, 4.69) is 0 Å². The van der Waals surface area contributed by atoms with Crippen molar-refractivity contribution in [3.63, 3.8) is 0 Å². The van der Waals surface area contributed by atoms with Gasteiger partial charge in [-0.1, -0.05) is 0 Å². The van der Waals surface area contributed by atoms with Crippen LogP contribution in [0.1, 0.15) is 92.9 Å². The quantitative estimate of drug-likeness (QED) is 0.350. The number of carbonyl (C=O) groups is 6. The largest absolute Gasteiger partial charge is 0.343 e. The highest BCUT2D eigenvalue weighted by molar-refractivity contribution is 5.75. The molecule has 0 aromatic heterocycles. The van der Waals surface area contributed by atoms with E-state index in [-0.39, 0.29) is 35.4 Å². The van der Waals surface area contributed by atoms with Crippen LogP contribution in [0.25, 0.3) is 0 Å². The van der Waals surface area contributed by atoms with Crippen molar-refractivity contribution in [1.82, 2.24) is 29.4 Å². The van der Waals surface area contributed by atoms with Gasteiger partial charge in [0.25, 0.3) is 0 Å². The second-order valence-electron chi connectivity index (χ2n) is 13.8. The summed E-state index contributed by atoms with van der Waals surface area (Å²) >= 11 is 0. The Labute approximate surface area is 307 Å². The van der Waals surface area contributed by atoms with Crippen LogP contribution < -0.4 is 0 Å². The molecule has 6 amide bonds. The number of rotatable bonds is 0. The summed E-state index contributed by atoms with van der Waals surface area (Å²) in [5.74, 6) is 0.376. The summed E-state index contributed by atoms with van der Waals surface area (Å²) in [4.78, 5) is 73.3.